The molecule has 0 aliphatic carbocycles. The quantitative estimate of drug-likeness (QED) is 0.819. The molecule has 0 aliphatic rings. The van der Waals surface area contributed by atoms with Crippen LogP contribution in [0.1, 0.15) is 0 Å². The van der Waals surface area contributed by atoms with Crippen LogP contribution in [0.15, 0.2) is 24.3 Å². The predicted molar refractivity (Wildman–Crippen MR) is 62.5 cm³/mol. The van der Waals surface area contributed by atoms with Crippen LogP contribution < -0.4 is 10.1 Å². The topological polar surface area (TPSA) is 75.6 Å². The molecule has 1 atom stereocenters. The molecule has 0 bridgehead atoms. The molecule has 5 nitrogen and oxygen atoms in total. The number of amides is 1. The zero-order valence-electron chi connectivity index (χ0n) is 9.23. The third-order valence-corrected chi connectivity index (χ3v) is 2.30. The number of carboxylic acids is 1. The monoisotopic (exact) mass is 275 g/mol. The molecule has 1 unspecified atom stereocenters. The number of rotatable bonds is 6. The second-order valence-electron chi connectivity index (χ2n) is 3.33. The van der Waals surface area contributed by atoms with Gasteiger partial charge in [-0.1, -0.05) is 23.7 Å². The molecule has 1 aromatic carbocycles. The highest BCUT2D eigenvalue weighted by Gasteiger charge is 2.19. The first kappa shape index (κ1) is 14.2. The molecule has 2 N–H and O–H groups in total. The Morgan fingerprint density at radius 3 is 2.67 bits per heavy atom. The van der Waals surface area contributed by atoms with E-state index in [0.29, 0.717) is 10.8 Å². The van der Waals surface area contributed by atoms with E-state index < -0.39 is 31.2 Å². The minimum absolute atomic E-state index is 0.293. The Kier molecular flexibility index (Phi) is 5.38. The Morgan fingerprint density at radius 2 is 2.11 bits per heavy atom. The lowest BCUT2D eigenvalue weighted by Gasteiger charge is -2.11. The number of nitrogens with one attached hydrogen (secondary N) is 1. The molecule has 0 spiro atoms. The fraction of sp³-hybridized carbons (Fsp3) is 0.273. The summed E-state index contributed by atoms with van der Waals surface area (Å²) in [6, 6.07) is 4.93. The van der Waals surface area contributed by atoms with Crippen LogP contribution in [0, 0.1) is 0 Å². The lowest BCUT2D eigenvalue weighted by atomic mass is 10.3. The molecule has 7 heteroatoms. The van der Waals surface area contributed by atoms with E-state index >= 15 is 0 Å². The molecule has 1 amide bonds. The third-order valence-electron chi connectivity index (χ3n) is 1.98. The van der Waals surface area contributed by atoms with E-state index in [-0.39, 0.29) is 0 Å². The second kappa shape index (κ2) is 6.80. The van der Waals surface area contributed by atoms with E-state index in [2.05, 4.69) is 0 Å². The van der Waals surface area contributed by atoms with Crippen molar-refractivity contribution in [1.82, 2.24) is 5.32 Å². The van der Waals surface area contributed by atoms with Gasteiger partial charge < -0.3 is 15.2 Å². The van der Waals surface area contributed by atoms with Crippen LogP contribution in [0.2, 0.25) is 5.02 Å². The maximum absolute atomic E-state index is 12.2. The summed E-state index contributed by atoms with van der Waals surface area (Å²) in [6.07, 6.45) is 0. The highest BCUT2D eigenvalue weighted by molar-refractivity contribution is 6.32. The minimum atomic E-state index is -1.56. The van der Waals surface area contributed by atoms with Gasteiger partial charge in [0.15, 0.2) is 12.6 Å². The number of halogens is 2. The lowest BCUT2D eigenvalue weighted by molar-refractivity contribution is -0.142. The second-order valence-corrected chi connectivity index (χ2v) is 3.74. The normalized spacial score (nSPS) is 11.7. The number of benzene rings is 1. The number of alkyl halides is 1. The molecule has 0 saturated carbocycles. The molecular weight excluding hydrogens is 265 g/mol. The summed E-state index contributed by atoms with van der Waals surface area (Å²) in [5, 5.41) is 10.8. The van der Waals surface area contributed by atoms with Gasteiger partial charge in [0.1, 0.15) is 12.4 Å². The van der Waals surface area contributed by atoms with Crippen molar-refractivity contribution >= 4 is 23.5 Å². The third kappa shape index (κ3) is 4.21. The van der Waals surface area contributed by atoms with Gasteiger partial charge in [-0.3, -0.25) is 4.79 Å². The number of hydrogen-bond donors (Lipinski definition) is 2. The molecule has 98 valence electrons. The number of carbonyl (C=O) groups is 2. The van der Waals surface area contributed by atoms with Crippen molar-refractivity contribution in [2.45, 2.75) is 6.04 Å². The van der Waals surface area contributed by atoms with Crippen LogP contribution in [0.25, 0.3) is 0 Å². The number of ether oxygens (including phenoxy) is 1. The van der Waals surface area contributed by atoms with Crippen molar-refractivity contribution < 1.29 is 23.8 Å². The lowest BCUT2D eigenvalue weighted by Crippen LogP contribution is -2.44. The van der Waals surface area contributed by atoms with Crippen LogP contribution >= 0.6 is 11.6 Å². The van der Waals surface area contributed by atoms with Crippen LogP contribution in [0.4, 0.5) is 4.39 Å². The van der Waals surface area contributed by atoms with Gasteiger partial charge >= 0.3 is 5.97 Å². The number of aliphatic carboxylic acids is 1. The first-order valence-electron chi connectivity index (χ1n) is 5.00. The van der Waals surface area contributed by atoms with Crippen molar-refractivity contribution in [1.29, 1.82) is 0 Å². The van der Waals surface area contributed by atoms with E-state index in [1.165, 1.54) is 0 Å². The fourth-order valence-electron chi connectivity index (χ4n) is 1.11. The van der Waals surface area contributed by atoms with Crippen molar-refractivity contribution in [2.24, 2.45) is 0 Å². The van der Waals surface area contributed by atoms with Crippen molar-refractivity contribution in [3.63, 3.8) is 0 Å². The van der Waals surface area contributed by atoms with Crippen molar-refractivity contribution in [3.8, 4) is 5.75 Å². The van der Waals surface area contributed by atoms with E-state index in [0.717, 1.165) is 0 Å². The Labute approximate surface area is 108 Å². The predicted octanol–water partition coefficient (Wildman–Crippen LogP) is 1.26. The largest absolute Gasteiger partial charge is 0.482 e. The summed E-state index contributed by atoms with van der Waals surface area (Å²) in [5.41, 5.74) is 0. The first-order valence-corrected chi connectivity index (χ1v) is 5.38. The smallest absolute Gasteiger partial charge is 0.328 e. The van der Waals surface area contributed by atoms with Gasteiger partial charge in [0.05, 0.1) is 5.02 Å². The highest BCUT2D eigenvalue weighted by Crippen LogP contribution is 2.22. The minimum Gasteiger partial charge on any atom is -0.482 e. The molecule has 18 heavy (non-hydrogen) atoms. The van der Waals surface area contributed by atoms with Gasteiger partial charge in [-0.05, 0) is 12.1 Å². The maximum Gasteiger partial charge on any atom is 0.328 e. The van der Waals surface area contributed by atoms with Crippen LogP contribution in [-0.2, 0) is 9.59 Å². The standard InChI is InChI=1S/C11H11ClFNO4/c12-7-3-1-2-4-9(7)18-6-10(15)14-8(5-13)11(16)17/h1-4,8H,5-6H2,(H,14,15)(H,16,17). The Balaban J connectivity index is 2.47. The average Bonchev–Trinajstić information content (AvgIpc) is 2.34. The Bertz CT molecular complexity index is 441. The summed E-state index contributed by atoms with van der Waals surface area (Å²) in [7, 11) is 0. The fourth-order valence-corrected chi connectivity index (χ4v) is 1.30. The van der Waals surface area contributed by atoms with Crippen LogP contribution in [0.3, 0.4) is 0 Å². The molecule has 0 heterocycles. The van der Waals surface area contributed by atoms with E-state index in [4.69, 9.17) is 21.4 Å². The number of para-hydroxylation sites is 1. The highest BCUT2D eigenvalue weighted by atomic mass is 35.5. The van der Waals surface area contributed by atoms with Gasteiger partial charge in [0, 0.05) is 0 Å². The van der Waals surface area contributed by atoms with Crippen molar-refractivity contribution in [3.05, 3.63) is 29.3 Å². The summed E-state index contributed by atoms with van der Waals surface area (Å²) < 4.78 is 17.3. The van der Waals surface area contributed by atoms with Crippen molar-refractivity contribution in [2.75, 3.05) is 13.3 Å². The molecule has 0 aromatic heterocycles. The summed E-state index contributed by atoms with van der Waals surface area (Å²) >= 11 is 5.78. The van der Waals surface area contributed by atoms with E-state index in [9.17, 15) is 14.0 Å². The average molecular weight is 276 g/mol. The number of carboxylic acid groups (broad SMARTS) is 1. The van der Waals surface area contributed by atoms with Crippen LogP contribution in [0.5, 0.6) is 5.75 Å². The SMILES string of the molecule is O=C(COc1ccccc1Cl)NC(CF)C(=O)O. The zero-order valence-corrected chi connectivity index (χ0v) is 9.98. The summed E-state index contributed by atoms with van der Waals surface area (Å²) in [6.45, 7) is -1.62. The van der Waals surface area contributed by atoms with E-state index in [1.54, 1.807) is 24.3 Å². The van der Waals surface area contributed by atoms with Gasteiger partial charge in [-0.25, -0.2) is 9.18 Å². The molecular formula is C11H11ClFNO4. The molecule has 1 rings (SSSR count). The van der Waals surface area contributed by atoms with Gasteiger partial charge in [0.25, 0.3) is 5.91 Å². The summed E-state index contributed by atoms with van der Waals surface area (Å²) in [4.78, 5) is 21.8. The number of hydrogen-bond acceptors (Lipinski definition) is 3. The van der Waals surface area contributed by atoms with Crippen LogP contribution in [-0.4, -0.2) is 36.3 Å². The Morgan fingerprint density at radius 1 is 1.44 bits per heavy atom. The van der Waals surface area contributed by atoms with Gasteiger partial charge in [-0.2, -0.15) is 0 Å². The summed E-state index contributed by atoms with van der Waals surface area (Å²) in [5.74, 6) is -1.88. The van der Waals surface area contributed by atoms with Gasteiger partial charge in [0.2, 0.25) is 0 Å². The molecule has 0 fully saturated rings. The number of carbonyl (C=O) groups excluding carboxylic acids is 1. The van der Waals surface area contributed by atoms with Gasteiger partial charge in [-0.15, -0.1) is 0 Å². The molecule has 0 aliphatic heterocycles. The molecule has 0 saturated heterocycles. The maximum atomic E-state index is 12.2. The van der Waals surface area contributed by atoms with E-state index in [1.807, 2.05) is 5.32 Å². The molecule has 1 aromatic rings. The first-order chi connectivity index (χ1) is 8.54. The molecule has 0 radical (unpaired) electrons. The zero-order chi connectivity index (χ0) is 13.5. The Hall–Kier alpha value is -1.82.